The number of halogens is 4. The number of hydrogen-bond donors (Lipinski definition) is 1. The summed E-state index contributed by atoms with van der Waals surface area (Å²) >= 11 is 0. The average Bonchev–Trinajstić information content (AvgIpc) is 2.82. The van der Waals surface area contributed by atoms with E-state index in [0.717, 1.165) is 12.0 Å². The van der Waals surface area contributed by atoms with Crippen molar-refractivity contribution in [2.75, 3.05) is 26.7 Å². The van der Waals surface area contributed by atoms with Gasteiger partial charge in [0, 0.05) is 44.6 Å². The predicted molar refractivity (Wildman–Crippen MR) is 121 cm³/mol. The second kappa shape index (κ2) is 9.26. The number of piperidine rings is 2. The Morgan fingerprint density at radius 1 is 1.09 bits per heavy atom. The van der Waals surface area contributed by atoms with Crippen LogP contribution in [0.5, 0.6) is 0 Å². The van der Waals surface area contributed by atoms with E-state index >= 15 is 4.39 Å². The maximum absolute atomic E-state index is 15.0. The number of rotatable bonds is 4. The van der Waals surface area contributed by atoms with Crippen LogP contribution in [0.2, 0.25) is 0 Å². The first-order valence-corrected chi connectivity index (χ1v) is 11.5. The van der Waals surface area contributed by atoms with E-state index < -0.39 is 23.1 Å². The second-order valence-electron chi connectivity index (χ2n) is 9.42. The summed E-state index contributed by atoms with van der Waals surface area (Å²) in [6.07, 6.45) is -4.32. The molecule has 2 fully saturated rings. The molecular weight excluding hydrogens is 464 g/mol. The van der Waals surface area contributed by atoms with Crippen LogP contribution in [0.1, 0.15) is 41.9 Å². The van der Waals surface area contributed by atoms with Crippen molar-refractivity contribution in [3.63, 3.8) is 0 Å². The minimum Gasteiger partial charge on any atom is -0.356 e. The van der Waals surface area contributed by atoms with Crippen molar-refractivity contribution in [3.8, 4) is 0 Å². The van der Waals surface area contributed by atoms with E-state index in [9.17, 15) is 22.8 Å². The molecule has 0 bridgehead atoms. The fourth-order valence-corrected chi connectivity index (χ4v) is 5.62. The molecule has 2 saturated heterocycles. The molecule has 2 aromatic rings. The maximum atomic E-state index is 15.0. The molecule has 0 unspecified atom stereocenters. The number of ether oxygens (including phenoxy) is 1. The van der Waals surface area contributed by atoms with Crippen LogP contribution in [0.25, 0.3) is 0 Å². The zero-order valence-electron chi connectivity index (χ0n) is 19.6. The molecule has 0 radical (unpaired) electrons. The largest absolute Gasteiger partial charge is 0.430 e. The summed E-state index contributed by atoms with van der Waals surface area (Å²) < 4.78 is 63.1. The molecule has 2 aromatic carbocycles. The van der Waals surface area contributed by atoms with E-state index in [4.69, 9.17) is 4.74 Å². The number of amides is 2. The average molecular weight is 493 g/mol. The highest BCUT2D eigenvalue weighted by atomic mass is 19.4. The van der Waals surface area contributed by atoms with Crippen molar-refractivity contribution in [1.82, 2.24) is 10.2 Å². The molecule has 188 valence electrons. The summed E-state index contributed by atoms with van der Waals surface area (Å²) in [5, 5.41) is 2.80. The summed E-state index contributed by atoms with van der Waals surface area (Å²) in [6.45, 7) is 1.91. The molecule has 0 saturated carbocycles. The molecule has 2 aliphatic heterocycles. The predicted octanol–water partition coefficient (Wildman–Crippen LogP) is 4.45. The quantitative estimate of drug-likeness (QED) is 0.642. The third-order valence-corrected chi connectivity index (χ3v) is 7.59. The number of likely N-dealkylation sites (tertiary alicyclic amines) is 1. The molecule has 2 aliphatic rings. The lowest BCUT2D eigenvalue weighted by molar-refractivity contribution is -0.271. The van der Waals surface area contributed by atoms with Gasteiger partial charge in [0.2, 0.25) is 5.91 Å². The first-order chi connectivity index (χ1) is 16.6. The van der Waals surface area contributed by atoms with Gasteiger partial charge in [0.1, 0.15) is 5.82 Å². The lowest BCUT2D eigenvalue weighted by Gasteiger charge is -2.50. The number of carbonyl (C=O) groups excluding carboxylic acids is 2. The fourth-order valence-electron chi connectivity index (χ4n) is 5.62. The SMILES string of the molecule is CO[C@@](C(=O)N1CCC2(CC1)CC(=O)NC[C@H]2c1cccc(C)c1F)(c1ccccc1)C(F)(F)F. The number of methoxy groups -OCH3 is 1. The van der Waals surface area contributed by atoms with Crippen LogP contribution in [-0.2, 0) is 19.9 Å². The van der Waals surface area contributed by atoms with Crippen molar-refractivity contribution in [3.05, 3.63) is 71.0 Å². The van der Waals surface area contributed by atoms with E-state index in [1.165, 1.54) is 24.3 Å². The van der Waals surface area contributed by atoms with Crippen LogP contribution >= 0.6 is 0 Å². The molecule has 2 amide bonds. The summed E-state index contributed by atoms with van der Waals surface area (Å²) in [7, 11) is 0.881. The summed E-state index contributed by atoms with van der Waals surface area (Å²) in [5.74, 6) is -2.06. The zero-order valence-corrected chi connectivity index (χ0v) is 19.6. The van der Waals surface area contributed by atoms with Gasteiger partial charge in [-0.25, -0.2) is 4.39 Å². The van der Waals surface area contributed by atoms with Crippen LogP contribution in [-0.4, -0.2) is 49.6 Å². The summed E-state index contributed by atoms with van der Waals surface area (Å²) in [6, 6.07) is 12.0. The van der Waals surface area contributed by atoms with E-state index in [0.29, 0.717) is 11.1 Å². The van der Waals surface area contributed by atoms with Crippen LogP contribution in [0.3, 0.4) is 0 Å². The molecule has 35 heavy (non-hydrogen) atoms. The minimum absolute atomic E-state index is 0.00404. The molecular formula is C26H28F4N2O3. The second-order valence-corrected chi connectivity index (χ2v) is 9.42. The molecule has 4 rings (SSSR count). The number of alkyl halides is 3. The Balaban J connectivity index is 1.64. The van der Waals surface area contributed by atoms with Gasteiger partial charge >= 0.3 is 6.18 Å². The topological polar surface area (TPSA) is 58.6 Å². The summed E-state index contributed by atoms with van der Waals surface area (Å²) in [4.78, 5) is 26.9. The molecule has 0 aromatic heterocycles. The fraction of sp³-hybridized carbons (Fsp3) is 0.462. The lowest BCUT2D eigenvalue weighted by Crippen LogP contribution is -2.60. The van der Waals surface area contributed by atoms with Gasteiger partial charge in [-0.05, 0) is 36.3 Å². The number of hydrogen-bond acceptors (Lipinski definition) is 3. The summed E-state index contributed by atoms with van der Waals surface area (Å²) in [5.41, 5.74) is -3.12. The molecule has 1 spiro atoms. The third-order valence-electron chi connectivity index (χ3n) is 7.59. The first kappa shape index (κ1) is 25.2. The van der Waals surface area contributed by atoms with Gasteiger partial charge in [0.05, 0.1) is 0 Å². The lowest BCUT2D eigenvalue weighted by atomic mass is 9.62. The van der Waals surface area contributed by atoms with Crippen molar-refractivity contribution < 1.29 is 31.9 Å². The number of nitrogens with one attached hydrogen (secondary N) is 1. The Labute approximate surface area is 201 Å². The van der Waals surface area contributed by atoms with Crippen molar-refractivity contribution in [1.29, 1.82) is 0 Å². The van der Waals surface area contributed by atoms with Gasteiger partial charge in [0.25, 0.3) is 11.5 Å². The normalized spacial score (nSPS) is 21.9. The van der Waals surface area contributed by atoms with Gasteiger partial charge in [-0.1, -0.05) is 48.5 Å². The van der Waals surface area contributed by atoms with Crippen LogP contribution < -0.4 is 5.32 Å². The Bertz CT molecular complexity index is 1100. The van der Waals surface area contributed by atoms with Crippen LogP contribution in [0.4, 0.5) is 17.6 Å². The highest BCUT2D eigenvalue weighted by Crippen LogP contribution is 2.51. The minimum atomic E-state index is -4.99. The van der Waals surface area contributed by atoms with Crippen LogP contribution in [0, 0.1) is 18.2 Å². The molecule has 5 nitrogen and oxygen atoms in total. The third kappa shape index (κ3) is 4.20. The van der Waals surface area contributed by atoms with Crippen LogP contribution in [0.15, 0.2) is 48.5 Å². The van der Waals surface area contributed by atoms with Gasteiger partial charge < -0.3 is 15.0 Å². The Morgan fingerprint density at radius 2 is 1.74 bits per heavy atom. The van der Waals surface area contributed by atoms with E-state index in [2.05, 4.69) is 5.32 Å². The van der Waals surface area contributed by atoms with E-state index in [-0.39, 0.29) is 62.1 Å². The highest BCUT2D eigenvalue weighted by Gasteiger charge is 2.64. The smallest absolute Gasteiger partial charge is 0.356 e. The Hall–Kier alpha value is -2.94. The van der Waals surface area contributed by atoms with Gasteiger partial charge in [-0.2, -0.15) is 13.2 Å². The zero-order chi connectivity index (χ0) is 25.4. The molecule has 9 heteroatoms. The number of benzene rings is 2. The van der Waals surface area contributed by atoms with Crippen molar-refractivity contribution in [2.45, 2.75) is 43.9 Å². The van der Waals surface area contributed by atoms with E-state index in [1.54, 1.807) is 31.2 Å². The molecule has 0 aliphatic carbocycles. The number of aryl methyl sites for hydroxylation is 1. The first-order valence-electron chi connectivity index (χ1n) is 11.5. The van der Waals surface area contributed by atoms with Crippen molar-refractivity contribution in [2.24, 2.45) is 5.41 Å². The van der Waals surface area contributed by atoms with E-state index in [1.807, 2.05) is 0 Å². The van der Waals surface area contributed by atoms with Gasteiger partial charge in [-0.15, -0.1) is 0 Å². The van der Waals surface area contributed by atoms with Gasteiger partial charge in [-0.3, -0.25) is 9.59 Å². The Morgan fingerprint density at radius 3 is 2.34 bits per heavy atom. The highest BCUT2D eigenvalue weighted by molar-refractivity contribution is 5.88. The van der Waals surface area contributed by atoms with Gasteiger partial charge in [0.15, 0.2) is 0 Å². The maximum Gasteiger partial charge on any atom is 0.430 e. The molecule has 2 atom stereocenters. The molecule has 2 heterocycles. The number of nitrogens with zero attached hydrogens (tertiary/aromatic N) is 1. The van der Waals surface area contributed by atoms with Crippen molar-refractivity contribution >= 4 is 11.8 Å². The monoisotopic (exact) mass is 492 g/mol. The number of carbonyl (C=O) groups is 2. The standard InChI is InChI=1S/C26H28F4N2O3/c1-17-7-6-10-19(22(17)27)20-16-31-21(33)15-24(20)11-13-32(14-12-24)23(34)25(35-2,26(28,29)30)18-8-4-3-5-9-18/h3-10,20H,11-16H2,1-2H3,(H,31,33)/t20-,25+/m0/s1. The molecule has 1 N–H and O–H groups in total. The Kier molecular flexibility index (Phi) is 6.66.